The molecule has 0 atom stereocenters. The van der Waals surface area contributed by atoms with Gasteiger partial charge in [-0.25, -0.2) is 4.98 Å². The number of aromatic nitrogens is 3. The van der Waals surface area contributed by atoms with Gasteiger partial charge in [0, 0.05) is 18.2 Å². The number of likely N-dealkylation sites (tertiary alicyclic amines) is 1. The van der Waals surface area contributed by atoms with Gasteiger partial charge in [0.25, 0.3) is 0 Å². The van der Waals surface area contributed by atoms with Gasteiger partial charge in [0.05, 0.1) is 0 Å². The van der Waals surface area contributed by atoms with Crippen molar-refractivity contribution in [2.75, 3.05) is 25.0 Å². The van der Waals surface area contributed by atoms with Crippen molar-refractivity contribution >= 4 is 40.8 Å². The van der Waals surface area contributed by atoms with Crippen LogP contribution in [0.3, 0.4) is 0 Å². The molecular formula is C19H24Cl3N5. The van der Waals surface area contributed by atoms with Crippen LogP contribution in [0.25, 0.3) is 11.4 Å². The van der Waals surface area contributed by atoms with Gasteiger partial charge in [-0.1, -0.05) is 65.1 Å². The van der Waals surface area contributed by atoms with Crippen LogP contribution in [0.15, 0.2) is 30.3 Å². The van der Waals surface area contributed by atoms with Crippen molar-refractivity contribution in [3.63, 3.8) is 0 Å². The molecule has 8 heteroatoms. The largest absolute Gasteiger partial charge is 0.354 e. The van der Waals surface area contributed by atoms with E-state index in [1.807, 2.05) is 30.3 Å². The second-order valence-corrected chi connectivity index (χ2v) is 9.41. The summed E-state index contributed by atoms with van der Waals surface area (Å²) in [5, 5.41) is 3.32. The first-order valence-electron chi connectivity index (χ1n) is 9.19. The summed E-state index contributed by atoms with van der Waals surface area (Å²) in [4.78, 5) is 15.7. The predicted octanol–water partition coefficient (Wildman–Crippen LogP) is 4.90. The van der Waals surface area contributed by atoms with Gasteiger partial charge in [-0.3, -0.25) is 0 Å². The first kappa shape index (κ1) is 20.6. The van der Waals surface area contributed by atoms with E-state index < -0.39 is 3.79 Å². The molecular weight excluding hydrogens is 405 g/mol. The van der Waals surface area contributed by atoms with E-state index in [9.17, 15) is 0 Å². The van der Waals surface area contributed by atoms with Crippen molar-refractivity contribution in [3.8, 4) is 11.4 Å². The van der Waals surface area contributed by atoms with Crippen molar-refractivity contribution in [1.82, 2.24) is 19.9 Å². The Kier molecular flexibility index (Phi) is 6.79. The van der Waals surface area contributed by atoms with E-state index in [-0.39, 0.29) is 5.82 Å². The van der Waals surface area contributed by atoms with E-state index in [1.54, 1.807) is 0 Å². The van der Waals surface area contributed by atoms with Crippen LogP contribution in [-0.4, -0.2) is 45.5 Å². The SMILES string of the molecule is CC(C)N1CCC(CNc2nc(-c3ccccc3)nc(C(Cl)(Cl)Cl)n2)CC1. The third kappa shape index (κ3) is 5.67. The highest BCUT2D eigenvalue weighted by atomic mass is 35.6. The van der Waals surface area contributed by atoms with E-state index >= 15 is 0 Å². The van der Waals surface area contributed by atoms with Crippen molar-refractivity contribution in [2.24, 2.45) is 5.92 Å². The van der Waals surface area contributed by atoms with Crippen molar-refractivity contribution in [2.45, 2.75) is 36.5 Å². The Morgan fingerprint density at radius 1 is 1.07 bits per heavy atom. The fourth-order valence-electron chi connectivity index (χ4n) is 3.21. The molecule has 0 bridgehead atoms. The quantitative estimate of drug-likeness (QED) is 0.687. The van der Waals surface area contributed by atoms with E-state index in [4.69, 9.17) is 34.8 Å². The lowest BCUT2D eigenvalue weighted by Crippen LogP contribution is -2.40. The van der Waals surface area contributed by atoms with Gasteiger partial charge >= 0.3 is 0 Å². The monoisotopic (exact) mass is 427 g/mol. The number of hydrogen-bond acceptors (Lipinski definition) is 5. The molecule has 146 valence electrons. The lowest BCUT2D eigenvalue weighted by molar-refractivity contribution is 0.153. The van der Waals surface area contributed by atoms with Gasteiger partial charge in [-0.15, -0.1) is 0 Å². The fourth-order valence-corrected chi connectivity index (χ4v) is 3.46. The van der Waals surface area contributed by atoms with Crippen LogP contribution in [-0.2, 0) is 3.79 Å². The summed E-state index contributed by atoms with van der Waals surface area (Å²) in [6.07, 6.45) is 2.30. The first-order chi connectivity index (χ1) is 12.8. The van der Waals surface area contributed by atoms with Gasteiger partial charge in [0.2, 0.25) is 9.74 Å². The highest BCUT2D eigenvalue weighted by Crippen LogP contribution is 2.36. The van der Waals surface area contributed by atoms with Gasteiger partial charge in [-0.05, 0) is 45.7 Å². The molecule has 2 aromatic rings. The van der Waals surface area contributed by atoms with E-state index in [1.165, 1.54) is 0 Å². The third-order valence-electron chi connectivity index (χ3n) is 4.85. The molecule has 2 heterocycles. The Morgan fingerprint density at radius 2 is 1.74 bits per heavy atom. The number of benzene rings is 1. The van der Waals surface area contributed by atoms with Gasteiger partial charge < -0.3 is 10.2 Å². The number of piperidine rings is 1. The molecule has 0 unspecified atom stereocenters. The highest BCUT2D eigenvalue weighted by Gasteiger charge is 2.29. The molecule has 3 rings (SSSR count). The summed E-state index contributed by atoms with van der Waals surface area (Å²) in [6.45, 7) is 7.52. The molecule has 27 heavy (non-hydrogen) atoms. The topological polar surface area (TPSA) is 53.9 Å². The minimum absolute atomic E-state index is 0.124. The zero-order valence-corrected chi connectivity index (χ0v) is 17.8. The summed E-state index contributed by atoms with van der Waals surface area (Å²) in [5.74, 6) is 1.63. The number of hydrogen-bond donors (Lipinski definition) is 1. The maximum Gasteiger partial charge on any atom is 0.250 e. The average molecular weight is 429 g/mol. The van der Waals surface area contributed by atoms with Crippen LogP contribution in [0.5, 0.6) is 0 Å². The number of nitrogens with zero attached hydrogens (tertiary/aromatic N) is 4. The highest BCUT2D eigenvalue weighted by molar-refractivity contribution is 6.66. The second-order valence-electron chi connectivity index (χ2n) is 7.12. The maximum absolute atomic E-state index is 6.03. The Morgan fingerprint density at radius 3 is 2.33 bits per heavy atom. The van der Waals surface area contributed by atoms with Crippen LogP contribution >= 0.6 is 34.8 Å². The van der Waals surface area contributed by atoms with Crippen molar-refractivity contribution in [1.29, 1.82) is 0 Å². The lowest BCUT2D eigenvalue weighted by atomic mass is 9.96. The molecule has 1 aliphatic heterocycles. The molecule has 0 saturated carbocycles. The molecule has 0 amide bonds. The molecule has 1 aliphatic rings. The van der Waals surface area contributed by atoms with Crippen LogP contribution in [0, 0.1) is 5.92 Å². The number of alkyl halides is 3. The van der Waals surface area contributed by atoms with E-state index in [2.05, 4.69) is 39.0 Å². The van der Waals surface area contributed by atoms with Gasteiger partial charge in [-0.2, -0.15) is 9.97 Å². The average Bonchev–Trinajstić information content (AvgIpc) is 2.66. The number of anilines is 1. The standard InChI is InChI=1S/C19H24Cl3N5/c1-13(2)27-10-8-14(9-11-27)12-23-18-25-16(15-6-4-3-5-7-15)24-17(26-18)19(20,21)22/h3-7,13-14H,8-12H2,1-2H3,(H,23,24,25,26). The van der Waals surface area contributed by atoms with Crippen molar-refractivity contribution < 1.29 is 0 Å². The summed E-state index contributed by atoms with van der Waals surface area (Å²) >= 11 is 18.1. The van der Waals surface area contributed by atoms with Crippen LogP contribution in [0.1, 0.15) is 32.5 Å². The van der Waals surface area contributed by atoms with Crippen LogP contribution in [0.4, 0.5) is 5.95 Å². The zero-order valence-electron chi connectivity index (χ0n) is 15.5. The lowest BCUT2D eigenvalue weighted by Gasteiger charge is -2.34. The summed E-state index contributed by atoms with van der Waals surface area (Å²) < 4.78 is -1.70. The Balaban J connectivity index is 1.73. The predicted molar refractivity (Wildman–Crippen MR) is 112 cm³/mol. The van der Waals surface area contributed by atoms with Crippen molar-refractivity contribution in [3.05, 3.63) is 36.2 Å². The summed E-state index contributed by atoms with van der Waals surface area (Å²) in [7, 11) is 0. The minimum Gasteiger partial charge on any atom is -0.354 e. The first-order valence-corrected chi connectivity index (χ1v) is 10.3. The Bertz CT molecular complexity index is 741. The smallest absolute Gasteiger partial charge is 0.250 e. The molecule has 1 fully saturated rings. The number of nitrogens with one attached hydrogen (secondary N) is 1. The molecule has 0 spiro atoms. The van der Waals surface area contributed by atoms with E-state index in [0.29, 0.717) is 23.7 Å². The molecule has 1 N–H and O–H groups in total. The second kappa shape index (κ2) is 8.91. The molecule has 1 aromatic heterocycles. The molecule has 0 aliphatic carbocycles. The van der Waals surface area contributed by atoms with Gasteiger partial charge in [0.15, 0.2) is 11.6 Å². The zero-order chi connectivity index (χ0) is 19.4. The molecule has 1 saturated heterocycles. The minimum atomic E-state index is -1.70. The number of halogens is 3. The normalized spacial score (nSPS) is 16.7. The Labute approximate surface area is 175 Å². The number of rotatable bonds is 5. The third-order valence-corrected chi connectivity index (χ3v) is 5.36. The maximum atomic E-state index is 6.03. The van der Waals surface area contributed by atoms with Gasteiger partial charge in [0.1, 0.15) is 0 Å². The van der Waals surface area contributed by atoms with Crippen LogP contribution < -0.4 is 5.32 Å². The van der Waals surface area contributed by atoms with Crippen LogP contribution in [0.2, 0.25) is 0 Å². The summed E-state index contributed by atoms with van der Waals surface area (Å²) in [5.41, 5.74) is 0.851. The van der Waals surface area contributed by atoms with E-state index in [0.717, 1.165) is 38.0 Å². The summed E-state index contributed by atoms with van der Waals surface area (Å²) in [6, 6.07) is 10.2. The Hall–Kier alpha value is -1.14. The molecule has 1 aromatic carbocycles. The molecule has 5 nitrogen and oxygen atoms in total. The fraction of sp³-hybridized carbons (Fsp3) is 0.526. The molecule has 0 radical (unpaired) electrons.